The third-order valence-electron chi connectivity index (χ3n) is 2.91. The van der Waals surface area contributed by atoms with Gasteiger partial charge in [-0.25, -0.2) is 0 Å². The maximum absolute atomic E-state index is 10.2. The maximum Gasteiger partial charge on any atom is 0.142 e. The summed E-state index contributed by atoms with van der Waals surface area (Å²) in [6, 6.07) is 12.9. The average Bonchev–Trinajstić information content (AvgIpc) is 2.45. The monoisotopic (exact) mass is 355 g/mol. The SMILES string of the molecule is COc1ccc(Br)cc1NCC(O)c1ccccc1Cl. The van der Waals surface area contributed by atoms with E-state index in [1.807, 2.05) is 36.4 Å². The Kier molecular flexibility index (Phi) is 5.29. The van der Waals surface area contributed by atoms with Crippen LogP contribution in [0, 0.1) is 0 Å². The lowest BCUT2D eigenvalue weighted by Crippen LogP contribution is -2.13. The van der Waals surface area contributed by atoms with Crippen LogP contribution in [0.2, 0.25) is 5.02 Å². The Hall–Kier alpha value is -1.23. The third-order valence-corrected chi connectivity index (χ3v) is 3.75. The molecule has 20 heavy (non-hydrogen) atoms. The van der Waals surface area contributed by atoms with Crippen LogP contribution in [0.25, 0.3) is 0 Å². The van der Waals surface area contributed by atoms with Crippen LogP contribution in [0.3, 0.4) is 0 Å². The molecule has 0 aliphatic heterocycles. The zero-order chi connectivity index (χ0) is 14.5. The van der Waals surface area contributed by atoms with Gasteiger partial charge in [-0.3, -0.25) is 0 Å². The van der Waals surface area contributed by atoms with Gasteiger partial charge in [-0.1, -0.05) is 45.7 Å². The molecule has 106 valence electrons. The molecule has 0 radical (unpaired) electrons. The molecule has 0 heterocycles. The van der Waals surface area contributed by atoms with E-state index in [-0.39, 0.29) is 0 Å². The molecular formula is C15H15BrClNO2. The van der Waals surface area contributed by atoms with E-state index in [1.54, 1.807) is 13.2 Å². The van der Waals surface area contributed by atoms with Crippen molar-refractivity contribution < 1.29 is 9.84 Å². The average molecular weight is 357 g/mol. The molecule has 3 nitrogen and oxygen atoms in total. The van der Waals surface area contributed by atoms with E-state index in [4.69, 9.17) is 16.3 Å². The first-order valence-electron chi connectivity index (χ1n) is 6.11. The highest BCUT2D eigenvalue weighted by atomic mass is 79.9. The van der Waals surface area contributed by atoms with Crippen LogP contribution < -0.4 is 10.1 Å². The predicted molar refractivity (Wildman–Crippen MR) is 85.6 cm³/mol. The molecule has 0 spiro atoms. The number of hydrogen-bond donors (Lipinski definition) is 2. The molecule has 0 amide bonds. The number of rotatable bonds is 5. The minimum absolute atomic E-state index is 0.344. The molecule has 0 fully saturated rings. The lowest BCUT2D eigenvalue weighted by Gasteiger charge is -2.16. The van der Waals surface area contributed by atoms with Crippen molar-refractivity contribution in [1.29, 1.82) is 0 Å². The lowest BCUT2D eigenvalue weighted by molar-refractivity contribution is 0.191. The van der Waals surface area contributed by atoms with Crippen LogP contribution in [0.5, 0.6) is 5.75 Å². The van der Waals surface area contributed by atoms with E-state index < -0.39 is 6.10 Å². The van der Waals surface area contributed by atoms with Gasteiger partial charge < -0.3 is 15.2 Å². The van der Waals surface area contributed by atoms with Crippen LogP contribution >= 0.6 is 27.5 Å². The zero-order valence-electron chi connectivity index (χ0n) is 10.9. The molecule has 0 saturated heterocycles. The molecule has 1 atom stereocenters. The Balaban J connectivity index is 2.09. The quantitative estimate of drug-likeness (QED) is 0.841. The molecule has 5 heteroatoms. The van der Waals surface area contributed by atoms with Crippen molar-refractivity contribution in [1.82, 2.24) is 0 Å². The summed E-state index contributed by atoms with van der Waals surface area (Å²) in [7, 11) is 1.61. The van der Waals surface area contributed by atoms with E-state index in [0.717, 1.165) is 15.9 Å². The van der Waals surface area contributed by atoms with Crippen molar-refractivity contribution in [3.05, 3.63) is 57.5 Å². The van der Waals surface area contributed by atoms with Crippen molar-refractivity contribution in [2.45, 2.75) is 6.10 Å². The van der Waals surface area contributed by atoms with Gasteiger partial charge in [-0.15, -0.1) is 0 Å². The molecule has 1 unspecified atom stereocenters. The van der Waals surface area contributed by atoms with E-state index in [0.29, 0.717) is 17.1 Å². The lowest BCUT2D eigenvalue weighted by atomic mass is 10.1. The molecule has 0 saturated carbocycles. The number of aliphatic hydroxyl groups is 1. The van der Waals surface area contributed by atoms with E-state index in [1.165, 1.54) is 0 Å². The Morgan fingerprint density at radius 2 is 2.05 bits per heavy atom. The van der Waals surface area contributed by atoms with Crippen molar-refractivity contribution in [3.63, 3.8) is 0 Å². The van der Waals surface area contributed by atoms with Gasteiger partial charge in [0.1, 0.15) is 5.75 Å². The van der Waals surface area contributed by atoms with Crippen molar-refractivity contribution in [3.8, 4) is 5.75 Å². The topological polar surface area (TPSA) is 41.5 Å². The number of anilines is 1. The fraction of sp³-hybridized carbons (Fsp3) is 0.200. The van der Waals surface area contributed by atoms with Gasteiger partial charge in [-0.05, 0) is 24.3 Å². The van der Waals surface area contributed by atoms with Crippen LogP contribution in [-0.2, 0) is 0 Å². The summed E-state index contributed by atoms with van der Waals surface area (Å²) >= 11 is 9.47. The second kappa shape index (κ2) is 6.97. The predicted octanol–water partition coefficient (Wildman–Crippen LogP) is 4.26. The minimum atomic E-state index is -0.688. The fourth-order valence-electron chi connectivity index (χ4n) is 1.88. The first-order chi connectivity index (χ1) is 9.61. The Labute approximate surface area is 131 Å². The summed E-state index contributed by atoms with van der Waals surface area (Å²) in [5.41, 5.74) is 1.52. The summed E-state index contributed by atoms with van der Waals surface area (Å²) in [6.45, 7) is 0.344. The highest BCUT2D eigenvalue weighted by molar-refractivity contribution is 9.10. The van der Waals surface area contributed by atoms with E-state index in [9.17, 15) is 5.11 Å². The number of benzene rings is 2. The van der Waals surface area contributed by atoms with E-state index >= 15 is 0 Å². The normalized spacial score (nSPS) is 12.0. The van der Waals surface area contributed by atoms with Crippen LogP contribution in [0.4, 0.5) is 5.69 Å². The molecule has 2 aromatic rings. The van der Waals surface area contributed by atoms with Gasteiger partial charge in [-0.2, -0.15) is 0 Å². The maximum atomic E-state index is 10.2. The summed E-state index contributed by atoms with van der Waals surface area (Å²) in [6.07, 6.45) is -0.688. The number of nitrogens with one attached hydrogen (secondary N) is 1. The summed E-state index contributed by atoms with van der Waals surface area (Å²) < 4.78 is 6.21. The highest BCUT2D eigenvalue weighted by Gasteiger charge is 2.12. The van der Waals surface area contributed by atoms with Crippen LogP contribution in [0.15, 0.2) is 46.9 Å². The van der Waals surface area contributed by atoms with Gasteiger partial charge >= 0.3 is 0 Å². The molecule has 2 rings (SSSR count). The first kappa shape index (κ1) is 15.2. The van der Waals surface area contributed by atoms with Crippen LogP contribution in [0.1, 0.15) is 11.7 Å². The summed E-state index contributed by atoms with van der Waals surface area (Å²) in [5, 5.41) is 13.9. The number of methoxy groups -OCH3 is 1. The molecular weight excluding hydrogens is 342 g/mol. The molecule has 0 aliphatic carbocycles. The first-order valence-corrected chi connectivity index (χ1v) is 7.29. The molecule has 2 N–H and O–H groups in total. The minimum Gasteiger partial charge on any atom is -0.495 e. The standard InChI is InChI=1S/C15H15BrClNO2/c1-20-15-7-6-10(16)8-13(15)18-9-14(19)11-4-2-3-5-12(11)17/h2-8,14,18-19H,9H2,1H3. The van der Waals surface area contributed by atoms with Crippen molar-refractivity contribution >= 4 is 33.2 Å². The largest absolute Gasteiger partial charge is 0.495 e. The molecule has 2 aromatic carbocycles. The number of hydrogen-bond acceptors (Lipinski definition) is 3. The summed E-state index contributed by atoms with van der Waals surface area (Å²) in [4.78, 5) is 0. The third kappa shape index (κ3) is 3.66. The van der Waals surface area contributed by atoms with Gasteiger partial charge in [0.05, 0.1) is 18.9 Å². The second-order valence-electron chi connectivity index (χ2n) is 4.26. The highest BCUT2D eigenvalue weighted by Crippen LogP contribution is 2.29. The smallest absolute Gasteiger partial charge is 0.142 e. The zero-order valence-corrected chi connectivity index (χ0v) is 13.3. The van der Waals surface area contributed by atoms with Gasteiger partial charge in [0.15, 0.2) is 0 Å². The molecule has 0 aromatic heterocycles. The van der Waals surface area contributed by atoms with Crippen LogP contribution in [-0.4, -0.2) is 18.8 Å². The summed E-state index contributed by atoms with van der Waals surface area (Å²) in [5.74, 6) is 0.722. The van der Waals surface area contributed by atoms with Gasteiger partial charge in [0, 0.05) is 21.6 Å². The Morgan fingerprint density at radius 3 is 2.75 bits per heavy atom. The molecule has 0 aliphatic rings. The fourth-order valence-corrected chi connectivity index (χ4v) is 2.50. The van der Waals surface area contributed by atoms with E-state index in [2.05, 4.69) is 21.2 Å². The number of aliphatic hydroxyl groups excluding tert-OH is 1. The molecule has 0 bridgehead atoms. The second-order valence-corrected chi connectivity index (χ2v) is 5.59. The van der Waals surface area contributed by atoms with Gasteiger partial charge in [0.25, 0.3) is 0 Å². The van der Waals surface area contributed by atoms with Crippen molar-refractivity contribution in [2.24, 2.45) is 0 Å². The Bertz CT molecular complexity index is 592. The van der Waals surface area contributed by atoms with Gasteiger partial charge in [0.2, 0.25) is 0 Å². The Morgan fingerprint density at radius 1 is 1.30 bits per heavy atom. The number of ether oxygens (including phenoxy) is 1. The number of halogens is 2. The van der Waals surface area contributed by atoms with Crippen molar-refractivity contribution in [2.75, 3.05) is 19.0 Å².